The lowest BCUT2D eigenvalue weighted by molar-refractivity contribution is -0.134. The SMILES string of the molecule is COc1cc(C)c(S(=O)(=O)N(C)CC2=NC(C(=O)N3CCN(CCCN4CCCC4)CC3)CO2)c(C)c1. The van der Waals surface area contributed by atoms with Crippen LogP contribution in [0.2, 0.25) is 0 Å². The van der Waals surface area contributed by atoms with Crippen LogP contribution >= 0.6 is 0 Å². The van der Waals surface area contributed by atoms with Gasteiger partial charge in [0.1, 0.15) is 12.4 Å². The third-order valence-electron chi connectivity index (χ3n) is 7.52. The molecule has 0 aromatic heterocycles. The van der Waals surface area contributed by atoms with Crippen LogP contribution in [-0.4, -0.2) is 125 Å². The molecule has 0 saturated carbocycles. The van der Waals surface area contributed by atoms with E-state index in [1.807, 2.05) is 4.90 Å². The average molecular weight is 536 g/mol. The van der Waals surface area contributed by atoms with Gasteiger partial charge in [-0.15, -0.1) is 0 Å². The molecule has 3 heterocycles. The molecule has 10 nitrogen and oxygen atoms in total. The predicted octanol–water partition coefficient (Wildman–Crippen LogP) is 1.36. The second-order valence-electron chi connectivity index (χ2n) is 10.3. The number of aliphatic imine (C=N–C) groups is 1. The molecule has 206 valence electrons. The topological polar surface area (TPSA) is 95.0 Å². The van der Waals surface area contributed by atoms with E-state index < -0.39 is 16.1 Å². The number of benzene rings is 1. The smallest absolute Gasteiger partial charge is 0.251 e. The fraction of sp³-hybridized carbons (Fsp3) is 0.692. The van der Waals surface area contributed by atoms with Crippen LogP contribution in [0.3, 0.4) is 0 Å². The molecule has 37 heavy (non-hydrogen) atoms. The summed E-state index contributed by atoms with van der Waals surface area (Å²) in [4.78, 5) is 24.6. The van der Waals surface area contributed by atoms with E-state index in [0.29, 0.717) is 30.0 Å². The van der Waals surface area contributed by atoms with Crippen LogP contribution in [0.1, 0.15) is 30.4 Å². The number of carbonyl (C=O) groups excluding carboxylic acids is 1. The number of rotatable bonds is 10. The zero-order valence-corrected chi connectivity index (χ0v) is 23.4. The van der Waals surface area contributed by atoms with Crippen molar-refractivity contribution in [1.29, 1.82) is 0 Å². The first-order valence-corrected chi connectivity index (χ1v) is 14.7. The number of methoxy groups -OCH3 is 1. The third-order valence-corrected chi connectivity index (χ3v) is 9.63. The molecular formula is C26H41N5O5S. The van der Waals surface area contributed by atoms with E-state index in [-0.39, 0.29) is 29.9 Å². The van der Waals surface area contributed by atoms with E-state index in [2.05, 4.69) is 14.8 Å². The van der Waals surface area contributed by atoms with Crippen LogP contribution < -0.4 is 4.74 Å². The van der Waals surface area contributed by atoms with Crippen molar-refractivity contribution in [3.05, 3.63) is 23.3 Å². The molecule has 1 aromatic rings. The number of ether oxygens (including phenoxy) is 2. The van der Waals surface area contributed by atoms with Gasteiger partial charge in [-0.05, 0) is 82.5 Å². The number of likely N-dealkylation sites (N-methyl/N-ethyl adjacent to an activating group) is 1. The summed E-state index contributed by atoms with van der Waals surface area (Å²) in [5, 5.41) is 0. The van der Waals surface area contributed by atoms with Gasteiger partial charge >= 0.3 is 0 Å². The van der Waals surface area contributed by atoms with Crippen molar-refractivity contribution in [2.24, 2.45) is 4.99 Å². The minimum atomic E-state index is -3.78. The minimum absolute atomic E-state index is 0.0260. The zero-order valence-electron chi connectivity index (χ0n) is 22.6. The van der Waals surface area contributed by atoms with E-state index >= 15 is 0 Å². The Labute approximate surface area is 221 Å². The molecule has 1 aromatic carbocycles. The van der Waals surface area contributed by atoms with E-state index in [9.17, 15) is 13.2 Å². The Hall–Kier alpha value is -2.21. The summed E-state index contributed by atoms with van der Waals surface area (Å²) >= 11 is 0. The molecule has 0 aliphatic carbocycles. The predicted molar refractivity (Wildman–Crippen MR) is 143 cm³/mol. The Morgan fingerprint density at radius 1 is 1.05 bits per heavy atom. The standard InChI is InChI=1S/C26H41N5O5S/c1-20-16-22(35-4)17-21(2)25(20)37(33,34)28(3)18-24-27-23(19-36-24)26(32)31-14-12-30(13-15-31)11-7-10-29-8-5-6-9-29/h16-17,23H,5-15,18-19H2,1-4H3. The number of piperazine rings is 1. The molecule has 0 radical (unpaired) electrons. The van der Waals surface area contributed by atoms with Crippen molar-refractivity contribution in [2.75, 3.05) is 79.7 Å². The fourth-order valence-corrected chi connectivity index (χ4v) is 6.95. The van der Waals surface area contributed by atoms with Crippen molar-refractivity contribution >= 4 is 21.8 Å². The lowest BCUT2D eigenvalue weighted by Crippen LogP contribution is -2.51. The molecule has 1 unspecified atom stereocenters. The summed E-state index contributed by atoms with van der Waals surface area (Å²) < 4.78 is 38.7. The highest BCUT2D eigenvalue weighted by Gasteiger charge is 2.34. The van der Waals surface area contributed by atoms with Crippen molar-refractivity contribution in [1.82, 2.24) is 19.0 Å². The molecule has 11 heteroatoms. The molecule has 2 fully saturated rings. The summed E-state index contributed by atoms with van der Waals surface area (Å²) in [6.45, 7) is 11.5. The van der Waals surface area contributed by atoms with Crippen LogP contribution in [0.25, 0.3) is 0 Å². The maximum absolute atomic E-state index is 13.3. The first-order chi connectivity index (χ1) is 17.7. The molecule has 3 aliphatic rings. The van der Waals surface area contributed by atoms with E-state index in [1.165, 1.54) is 43.7 Å². The highest BCUT2D eigenvalue weighted by atomic mass is 32.2. The average Bonchev–Trinajstić information content (AvgIpc) is 3.56. The summed E-state index contributed by atoms with van der Waals surface area (Å²) in [5.74, 6) is 0.845. The fourth-order valence-electron chi connectivity index (χ4n) is 5.43. The largest absolute Gasteiger partial charge is 0.497 e. The number of sulfonamides is 1. The summed E-state index contributed by atoms with van der Waals surface area (Å²) in [6.07, 6.45) is 3.82. The second kappa shape index (κ2) is 12.1. The summed E-state index contributed by atoms with van der Waals surface area (Å²) in [5.41, 5.74) is 1.22. The van der Waals surface area contributed by atoms with Crippen molar-refractivity contribution in [3.8, 4) is 5.75 Å². The normalized spacial score (nSPS) is 21.4. The Kier molecular flexibility index (Phi) is 9.10. The monoisotopic (exact) mass is 535 g/mol. The van der Waals surface area contributed by atoms with Gasteiger partial charge in [0.25, 0.3) is 5.91 Å². The molecule has 0 bridgehead atoms. The molecule has 0 spiro atoms. The van der Waals surface area contributed by atoms with Gasteiger partial charge in [0.15, 0.2) is 11.9 Å². The van der Waals surface area contributed by atoms with Gasteiger partial charge in [-0.1, -0.05) is 0 Å². The number of hydrogen-bond donors (Lipinski definition) is 0. The lowest BCUT2D eigenvalue weighted by atomic mass is 10.1. The highest BCUT2D eigenvalue weighted by molar-refractivity contribution is 7.89. The number of carbonyl (C=O) groups is 1. The number of likely N-dealkylation sites (tertiary alicyclic amines) is 1. The van der Waals surface area contributed by atoms with Crippen LogP contribution in [0, 0.1) is 13.8 Å². The molecule has 1 amide bonds. The Bertz CT molecular complexity index is 1070. The highest BCUT2D eigenvalue weighted by Crippen LogP contribution is 2.28. The zero-order chi connectivity index (χ0) is 26.6. The Balaban J connectivity index is 1.28. The van der Waals surface area contributed by atoms with Crippen molar-refractivity contribution in [3.63, 3.8) is 0 Å². The van der Waals surface area contributed by atoms with Crippen molar-refractivity contribution in [2.45, 2.75) is 44.0 Å². The number of hydrogen-bond acceptors (Lipinski definition) is 8. The van der Waals surface area contributed by atoms with Gasteiger partial charge in [0.05, 0.1) is 18.6 Å². The van der Waals surface area contributed by atoms with Gasteiger partial charge in [-0.3, -0.25) is 9.69 Å². The van der Waals surface area contributed by atoms with Crippen LogP contribution in [0.4, 0.5) is 0 Å². The van der Waals surface area contributed by atoms with Gasteiger partial charge in [-0.25, -0.2) is 13.4 Å². The van der Waals surface area contributed by atoms with Gasteiger partial charge in [0, 0.05) is 33.2 Å². The van der Waals surface area contributed by atoms with E-state index in [4.69, 9.17) is 9.47 Å². The number of nitrogens with zero attached hydrogens (tertiary/aromatic N) is 5. The first-order valence-electron chi connectivity index (χ1n) is 13.2. The molecule has 4 rings (SSSR count). The van der Waals surface area contributed by atoms with Gasteiger partial charge in [-0.2, -0.15) is 4.31 Å². The second-order valence-corrected chi connectivity index (χ2v) is 12.3. The van der Waals surface area contributed by atoms with Crippen LogP contribution in [0.15, 0.2) is 22.0 Å². The number of aryl methyl sites for hydroxylation is 2. The van der Waals surface area contributed by atoms with Gasteiger partial charge in [0.2, 0.25) is 10.0 Å². The molecule has 1 atom stereocenters. The Morgan fingerprint density at radius 3 is 2.24 bits per heavy atom. The molecule has 0 N–H and O–H groups in total. The summed E-state index contributed by atoms with van der Waals surface area (Å²) in [7, 11) is -0.721. The quantitative estimate of drug-likeness (QED) is 0.447. The summed E-state index contributed by atoms with van der Waals surface area (Å²) in [6, 6.07) is 2.80. The lowest BCUT2D eigenvalue weighted by Gasteiger charge is -2.35. The van der Waals surface area contributed by atoms with Crippen LogP contribution in [-0.2, 0) is 19.6 Å². The first kappa shape index (κ1) is 27.8. The third kappa shape index (κ3) is 6.63. The molecule has 2 saturated heterocycles. The molecule has 3 aliphatic heterocycles. The maximum atomic E-state index is 13.3. The van der Waals surface area contributed by atoms with E-state index in [1.54, 1.807) is 33.1 Å². The Morgan fingerprint density at radius 2 is 1.65 bits per heavy atom. The number of amides is 1. The maximum Gasteiger partial charge on any atom is 0.251 e. The van der Waals surface area contributed by atoms with Crippen molar-refractivity contribution < 1.29 is 22.7 Å². The minimum Gasteiger partial charge on any atom is -0.497 e. The van der Waals surface area contributed by atoms with E-state index in [0.717, 1.165) is 26.2 Å². The van der Waals surface area contributed by atoms with Crippen LogP contribution in [0.5, 0.6) is 5.75 Å². The molecular weight excluding hydrogens is 494 g/mol. The van der Waals surface area contributed by atoms with Gasteiger partial charge < -0.3 is 19.3 Å².